The van der Waals surface area contributed by atoms with Crippen molar-refractivity contribution >= 4 is 28.2 Å². The lowest BCUT2D eigenvalue weighted by molar-refractivity contribution is 0.442. The molecular weight excluding hydrogens is 321 g/mol. The zero-order chi connectivity index (χ0) is 16.7. The van der Waals surface area contributed by atoms with E-state index in [0.29, 0.717) is 22.2 Å². The van der Waals surface area contributed by atoms with Gasteiger partial charge in [0.2, 0.25) is 0 Å². The molecule has 2 N–H and O–H groups in total. The number of anilines is 1. The summed E-state index contributed by atoms with van der Waals surface area (Å²) in [7, 11) is 1.61. The molecule has 1 aromatic heterocycles. The standard InChI is InChI=1S/C16H13ClFN3O2/c1-8-12(23-13-6-9(17)5-10(19)15(13)18)4-3-11-14(8)16(22)21(2)7-20-11/h3-7H,19H2,1-2H3. The van der Waals surface area contributed by atoms with Gasteiger partial charge in [-0.05, 0) is 25.1 Å². The second-order valence-corrected chi connectivity index (χ2v) is 5.59. The van der Waals surface area contributed by atoms with Crippen LogP contribution in [0.3, 0.4) is 0 Å². The van der Waals surface area contributed by atoms with Gasteiger partial charge < -0.3 is 15.0 Å². The molecule has 1 heterocycles. The average molecular weight is 334 g/mol. The van der Waals surface area contributed by atoms with Crippen molar-refractivity contribution < 1.29 is 9.13 Å². The third kappa shape index (κ3) is 2.61. The van der Waals surface area contributed by atoms with Gasteiger partial charge in [-0.3, -0.25) is 4.79 Å². The van der Waals surface area contributed by atoms with E-state index < -0.39 is 5.82 Å². The molecule has 3 aromatic rings. The van der Waals surface area contributed by atoms with Gasteiger partial charge in [-0.15, -0.1) is 0 Å². The van der Waals surface area contributed by atoms with Gasteiger partial charge in [-0.1, -0.05) is 11.6 Å². The van der Waals surface area contributed by atoms with Crippen LogP contribution in [0.1, 0.15) is 5.56 Å². The molecule has 2 aromatic carbocycles. The summed E-state index contributed by atoms with van der Waals surface area (Å²) in [6, 6.07) is 5.90. The Kier molecular flexibility index (Phi) is 3.69. The van der Waals surface area contributed by atoms with E-state index in [1.807, 2.05) is 0 Å². The second kappa shape index (κ2) is 5.55. The first-order valence-corrected chi connectivity index (χ1v) is 7.13. The molecule has 0 unspecified atom stereocenters. The maximum absolute atomic E-state index is 14.1. The van der Waals surface area contributed by atoms with Crippen molar-refractivity contribution in [1.82, 2.24) is 9.55 Å². The quantitative estimate of drug-likeness (QED) is 0.730. The van der Waals surface area contributed by atoms with Crippen LogP contribution in [-0.4, -0.2) is 9.55 Å². The molecule has 118 valence electrons. The number of fused-ring (bicyclic) bond motifs is 1. The van der Waals surface area contributed by atoms with E-state index in [0.717, 1.165) is 0 Å². The predicted octanol–water partition coefficient (Wildman–Crippen LogP) is 3.41. The normalized spacial score (nSPS) is 11.0. The molecule has 23 heavy (non-hydrogen) atoms. The number of aryl methyl sites for hydroxylation is 2. The summed E-state index contributed by atoms with van der Waals surface area (Å²) in [5, 5.41) is 0.679. The zero-order valence-electron chi connectivity index (χ0n) is 12.4. The molecule has 7 heteroatoms. The summed E-state index contributed by atoms with van der Waals surface area (Å²) < 4.78 is 21.0. The van der Waals surface area contributed by atoms with Crippen LogP contribution in [0.2, 0.25) is 5.02 Å². The van der Waals surface area contributed by atoms with Crippen molar-refractivity contribution in [1.29, 1.82) is 0 Å². The number of nitrogen functional groups attached to an aromatic ring is 1. The van der Waals surface area contributed by atoms with E-state index in [1.54, 1.807) is 26.1 Å². The Bertz CT molecular complexity index is 985. The number of halogens is 2. The Balaban J connectivity index is 2.17. The third-order valence-electron chi connectivity index (χ3n) is 3.55. The largest absolute Gasteiger partial charge is 0.454 e. The molecule has 0 saturated carbocycles. The second-order valence-electron chi connectivity index (χ2n) is 5.15. The van der Waals surface area contributed by atoms with Crippen LogP contribution in [0, 0.1) is 12.7 Å². The number of aromatic nitrogens is 2. The molecule has 0 bridgehead atoms. The minimum Gasteiger partial charge on any atom is -0.454 e. The topological polar surface area (TPSA) is 70.1 Å². The van der Waals surface area contributed by atoms with Crippen molar-refractivity contribution in [2.45, 2.75) is 6.92 Å². The van der Waals surface area contributed by atoms with E-state index in [2.05, 4.69) is 4.98 Å². The van der Waals surface area contributed by atoms with Gasteiger partial charge in [-0.25, -0.2) is 9.37 Å². The monoisotopic (exact) mass is 333 g/mol. The number of ether oxygens (including phenoxy) is 1. The summed E-state index contributed by atoms with van der Waals surface area (Å²) in [5.41, 5.74) is 6.34. The molecule has 3 rings (SSSR count). The first kappa shape index (κ1) is 15.3. The lowest BCUT2D eigenvalue weighted by Crippen LogP contribution is -2.18. The average Bonchev–Trinajstić information content (AvgIpc) is 2.50. The maximum atomic E-state index is 14.1. The number of benzene rings is 2. The minimum atomic E-state index is -0.701. The van der Waals surface area contributed by atoms with Crippen LogP contribution in [0.15, 0.2) is 35.4 Å². The molecule has 0 aliphatic rings. The Morgan fingerprint density at radius 1 is 1.30 bits per heavy atom. The highest BCUT2D eigenvalue weighted by Gasteiger charge is 2.14. The maximum Gasteiger partial charge on any atom is 0.261 e. The third-order valence-corrected chi connectivity index (χ3v) is 3.77. The molecule has 0 radical (unpaired) electrons. The van der Waals surface area contributed by atoms with Crippen LogP contribution < -0.4 is 16.0 Å². The van der Waals surface area contributed by atoms with Gasteiger partial charge in [0, 0.05) is 23.7 Å². The van der Waals surface area contributed by atoms with Crippen molar-refractivity contribution in [3.8, 4) is 11.5 Å². The van der Waals surface area contributed by atoms with Crippen LogP contribution in [0.5, 0.6) is 11.5 Å². The van der Waals surface area contributed by atoms with Gasteiger partial charge >= 0.3 is 0 Å². The molecule has 0 aliphatic carbocycles. The van der Waals surface area contributed by atoms with Crippen molar-refractivity contribution in [3.05, 3.63) is 57.3 Å². The van der Waals surface area contributed by atoms with Crippen LogP contribution in [0.25, 0.3) is 10.9 Å². The summed E-state index contributed by atoms with van der Waals surface area (Å²) in [5.74, 6) is -0.464. The molecule has 5 nitrogen and oxygen atoms in total. The highest BCUT2D eigenvalue weighted by atomic mass is 35.5. The van der Waals surface area contributed by atoms with Gasteiger partial charge in [0.25, 0.3) is 5.56 Å². The van der Waals surface area contributed by atoms with Crippen molar-refractivity contribution in [3.63, 3.8) is 0 Å². The number of nitrogens with two attached hydrogens (primary N) is 1. The van der Waals surface area contributed by atoms with Gasteiger partial charge in [-0.2, -0.15) is 0 Å². The smallest absolute Gasteiger partial charge is 0.261 e. The number of rotatable bonds is 2. The molecule has 0 saturated heterocycles. The highest BCUT2D eigenvalue weighted by molar-refractivity contribution is 6.31. The predicted molar refractivity (Wildman–Crippen MR) is 87.6 cm³/mol. The molecule has 0 atom stereocenters. The molecular formula is C16H13ClFN3O2. The van der Waals surface area contributed by atoms with Crippen LogP contribution in [0.4, 0.5) is 10.1 Å². The first-order chi connectivity index (χ1) is 10.9. The SMILES string of the molecule is Cc1c(Oc2cc(Cl)cc(N)c2F)ccc2ncn(C)c(=O)c12. The summed E-state index contributed by atoms with van der Waals surface area (Å²) in [4.78, 5) is 16.5. The lowest BCUT2D eigenvalue weighted by atomic mass is 10.1. The summed E-state index contributed by atoms with van der Waals surface area (Å²) >= 11 is 5.88. The van der Waals surface area contributed by atoms with E-state index in [1.165, 1.54) is 23.0 Å². The highest BCUT2D eigenvalue weighted by Crippen LogP contribution is 2.34. The lowest BCUT2D eigenvalue weighted by Gasteiger charge is -2.12. The Hall–Kier alpha value is -2.60. The zero-order valence-corrected chi connectivity index (χ0v) is 13.2. The van der Waals surface area contributed by atoms with Crippen LogP contribution in [-0.2, 0) is 7.05 Å². The number of nitrogens with zero attached hydrogens (tertiary/aromatic N) is 2. The summed E-state index contributed by atoms with van der Waals surface area (Å²) in [6.07, 6.45) is 1.45. The number of hydrogen-bond donors (Lipinski definition) is 1. The van der Waals surface area contributed by atoms with Gasteiger partial charge in [0.15, 0.2) is 11.6 Å². The van der Waals surface area contributed by atoms with Gasteiger partial charge in [0.1, 0.15) is 5.75 Å². The molecule has 0 amide bonds. The van der Waals surface area contributed by atoms with Crippen molar-refractivity contribution in [2.75, 3.05) is 5.73 Å². The van der Waals surface area contributed by atoms with E-state index in [-0.39, 0.29) is 22.0 Å². The van der Waals surface area contributed by atoms with Gasteiger partial charge in [0.05, 0.1) is 22.9 Å². The fourth-order valence-electron chi connectivity index (χ4n) is 2.32. The summed E-state index contributed by atoms with van der Waals surface area (Å²) in [6.45, 7) is 1.71. The van der Waals surface area contributed by atoms with E-state index in [4.69, 9.17) is 22.1 Å². The molecule has 0 spiro atoms. The first-order valence-electron chi connectivity index (χ1n) is 6.76. The minimum absolute atomic E-state index is 0.0989. The fraction of sp³-hybridized carbons (Fsp3) is 0.125. The number of hydrogen-bond acceptors (Lipinski definition) is 4. The Morgan fingerprint density at radius 3 is 2.78 bits per heavy atom. The van der Waals surface area contributed by atoms with E-state index in [9.17, 15) is 9.18 Å². The fourth-order valence-corrected chi connectivity index (χ4v) is 2.54. The van der Waals surface area contributed by atoms with E-state index >= 15 is 0 Å². The Labute approximate surface area is 136 Å². The van der Waals surface area contributed by atoms with Crippen LogP contribution >= 0.6 is 11.6 Å². The molecule has 0 aliphatic heterocycles. The Morgan fingerprint density at radius 2 is 2.04 bits per heavy atom. The molecule has 0 fully saturated rings. The van der Waals surface area contributed by atoms with Crippen molar-refractivity contribution in [2.24, 2.45) is 7.05 Å².